The van der Waals surface area contributed by atoms with Crippen LogP contribution >= 0.6 is 0 Å². The summed E-state index contributed by atoms with van der Waals surface area (Å²) in [7, 11) is 0. The maximum atomic E-state index is 13.0. The second kappa shape index (κ2) is 8.51. The third-order valence-electron chi connectivity index (χ3n) is 3.95. The standard InChI is InChI=1S/C17H23FN2O2/c18-14-6-4-5-13(11-14)9-10-16(21)19-12-17(22)20-15-7-2-1-3-8-15/h4-6,11,15H,1-3,7-10,12H2,(H,19,21)(H,20,22). The van der Waals surface area contributed by atoms with Crippen molar-refractivity contribution in [1.29, 1.82) is 0 Å². The highest BCUT2D eigenvalue weighted by molar-refractivity contribution is 5.84. The van der Waals surface area contributed by atoms with E-state index in [4.69, 9.17) is 0 Å². The molecule has 2 amide bonds. The minimum absolute atomic E-state index is 0.0124. The molecule has 1 fully saturated rings. The van der Waals surface area contributed by atoms with Gasteiger partial charge in [0.2, 0.25) is 11.8 Å². The Labute approximate surface area is 130 Å². The van der Waals surface area contributed by atoms with E-state index in [1.54, 1.807) is 12.1 Å². The van der Waals surface area contributed by atoms with Crippen LogP contribution in [-0.4, -0.2) is 24.4 Å². The van der Waals surface area contributed by atoms with Crippen LogP contribution in [0.25, 0.3) is 0 Å². The first-order chi connectivity index (χ1) is 10.6. The summed E-state index contributed by atoms with van der Waals surface area (Å²) < 4.78 is 13.0. The van der Waals surface area contributed by atoms with Crippen LogP contribution in [0.4, 0.5) is 4.39 Å². The number of hydrogen-bond donors (Lipinski definition) is 2. The Morgan fingerprint density at radius 2 is 1.91 bits per heavy atom. The Morgan fingerprint density at radius 1 is 1.14 bits per heavy atom. The number of carbonyl (C=O) groups excluding carboxylic acids is 2. The van der Waals surface area contributed by atoms with Crippen LogP contribution in [0.3, 0.4) is 0 Å². The van der Waals surface area contributed by atoms with Crippen LogP contribution in [0.5, 0.6) is 0 Å². The van der Waals surface area contributed by atoms with Crippen molar-refractivity contribution in [2.24, 2.45) is 0 Å². The molecular formula is C17H23FN2O2. The molecule has 1 aliphatic carbocycles. The summed E-state index contributed by atoms with van der Waals surface area (Å²) in [4.78, 5) is 23.5. The summed E-state index contributed by atoms with van der Waals surface area (Å²) in [5.41, 5.74) is 0.779. The fourth-order valence-corrected chi connectivity index (χ4v) is 2.74. The molecule has 0 aliphatic heterocycles. The lowest BCUT2D eigenvalue weighted by Gasteiger charge is -2.22. The van der Waals surface area contributed by atoms with E-state index >= 15 is 0 Å². The molecule has 22 heavy (non-hydrogen) atoms. The maximum Gasteiger partial charge on any atom is 0.239 e. The normalized spacial score (nSPS) is 15.3. The van der Waals surface area contributed by atoms with Crippen molar-refractivity contribution in [2.75, 3.05) is 6.54 Å². The summed E-state index contributed by atoms with van der Waals surface area (Å²) in [5, 5.41) is 5.56. The Balaban J connectivity index is 1.63. The number of aryl methyl sites for hydroxylation is 1. The molecule has 0 bridgehead atoms. The fourth-order valence-electron chi connectivity index (χ4n) is 2.74. The number of rotatable bonds is 6. The van der Waals surface area contributed by atoms with Gasteiger partial charge in [0, 0.05) is 12.5 Å². The first kappa shape index (κ1) is 16.5. The van der Waals surface area contributed by atoms with Gasteiger partial charge in [-0.2, -0.15) is 0 Å². The van der Waals surface area contributed by atoms with E-state index < -0.39 is 0 Å². The Kier molecular flexibility index (Phi) is 6.37. The molecule has 2 rings (SSSR count). The molecule has 1 aromatic carbocycles. The van der Waals surface area contributed by atoms with Crippen molar-refractivity contribution in [2.45, 2.75) is 51.0 Å². The maximum absolute atomic E-state index is 13.0. The third kappa shape index (κ3) is 5.84. The zero-order chi connectivity index (χ0) is 15.8. The van der Waals surface area contributed by atoms with E-state index in [0.717, 1.165) is 31.2 Å². The lowest BCUT2D eigenvalue weighted by atomic mass is 9.95. The molecule has 0 heterocycles. The summed E-state index contributed by atoms with van der Waals surface area (Å²) in [6.45, 7) is 0.0124. The van der Waals surface area contributed by atoms with Crippen LogP contribution in [-0.2, 0) is 16.0 Å². The topological polar surface area (TPSA) is 58.2 Å². The van der Waals surface area contributed by atoms with Gasteiger partial charge < -0.3 is 10.6 Å². The summed E-state index contributed by atoms with van der Waals surface area (Å²) >= 11 is 0. The van der Waals surface area contributed by atoms with E-state index in [0.29, 0.717) is 6.42 Å². The molecule has 0 spiro atoms. The number of benzene rings is 1. The molecule has 2 N–H and O–H groups in total. The smallest absolute Gasteiger partial charge is 0.239 e. The van der Waals surface area contributed by atoms with E-state index in [-0.39, 0.29) is 36.6 Å². The third-order valence-corrected chi connectivity index (χ3v) is 3.95. The lowest BCUT2D eigenvalue weighted by Crippen LogP contribution is -2.42. The molecular weight excluding hydrogens is 283 g/mol. The van der Waals surface area contributed by atoms with Gasteiger partial charge in [0.05, 0.1) is 6.54 Å². The molecule has 1 aromatic rings. The van der Waals surface area contributed by atoms with Gasteiger partial charge in [-0.15, -0.1) is 0 Å². The molecule has 0 unspecified atom stereocenters. The first-order valence-corrected chi connectivity index (χ1v) is 7.94. The van der Waals surface area contributed by atoms with Crippen LogP contribution in [0, 0.1) is 5.82 Å². The van der Waals surface area contributed by atoms with Gasteiger partial charge in [0.1, 0.15) is 5.82 Å². The molecule has 1 saturated carbocycles. The van der Waals surface area contributed by atoms with Crippen LogP contribution in [0.15, 0.2) is 24.3 Å². The predicted octanol–water partition coefficient (Wildman–Crippen LogP) is 2.32. The highest BCUT2D eigenvalue weighted by Gasteiger charge is 2.15. The van der Waals surface area contributed by atoms with Crippen molar-refractivity contribution in [1.82, 2.24) is 10.6 Å². The van der Waals surface area contributed by atoms with Crippen molar-refractivity contribution >= 4 is 11.8 Å². The Hall–Kier alpha value is -1.91. The van der Waals surface area contributed by atoms with Gasteiger partial charge in [-0.05, 0) is 37.0 Å². The van der Waals surface area contributed by atoms with Crippen molar-refractivity contribution in [3.8, 4) is 0 Å². The van der Waals surface area contributed by atoms with Gasteiger partial charge in [0.15, 0.2) is 0 Å². The average molecular weight is 306 g/mol. The quantitative estimate of drug-likeness (QED) is 0.847. The first-order valence-electron chi connectivity index (χ1n) is 7.94. The predicted molar refractivity (Wildman–Crippen MR) is 82.7 cm³/mol. The highest BCUT2D eigenvalue weighted by Crippen LogP contribution is 2.17. The summed E-state index contributed by atoms with van der Waals surface area (Å²) in [5.74, 6) is -0.626. The number of nitrogens with one attached hydrogen (secondary N) is 2. The zero-order valence-corrected chi connectivity index (χ0v) is 12.7. The minimum atomic E-state index is -0.301. The molecule has 120 valence electrons. The Morgan fingerprint density at radius 3 is 2.64 bits per heavy atom. The van der Waals surface area contributed by atoms with Gasteiger partial charge in [0.25, 0.3) is 0 Å². The van der Waals surface area contributed by atoms with Gasteiger partial charge in [-0.25, -0.2) is 4.39 Å². The van der Waals surface area contributed by atoms with E-state index in [2.05, 4.69) is 10.6 Å². The highest BCUT2D eigenvalue weighted by atomic mass is 19.1. The lowest BCUT2D eigenvalue weighted by molar-refractivity contribution is -0.126. The zero-order valence-electron chi connectivity index (χ0n) is 12.7. The molecule has 0 saturated heterocycles. The number of amides is 2. The number of halogens is 1. The van der Waals surface area contributed by atoms with Crippen molar-refractivity contribution in [3.05, 3.63) is 35.6 Å². The molecule has 1 aliphatic rings. The monoisotopic (exact) mass is 306 g/mol. The minimum Gasteiger partial charge on any atom is -0.352 e. The fraction of sp³-hybridized carbons (Fsp3) is 0.529. The summed E-state index contributed by atoms with van der Waals surface area (Å²) in [6.07, 6.45) is 6.32. The largest absolute Gasteiger partial charge is 0.352 e. The van der Waals surface area contributed by atoms with Gasteiger partial charge in [-0.1, -0.05) is 31.4 Å². The second-order valence-corrected chi connectivity index (χ2v) is 5.81. The summed E-state index contributed by atoms with van der Waals surface area (Å²) in [6, 6.07) is 6.46. The number of hydrogen-bond acceptors (Lipinski definition) is 2. The van der Waals surface area contributed by atoms with Crippen LogP contribution < -0.4 is 10.6 Å². The van der Waals surface area contributed by atoms with E-state index in [1.807, 2.05) is 0 Å². The van der Waals surface area contributed by atoms with Crippen LogP contribution in [0.1, 0.15) is 44.1 Å². The Bertz CT molecular complexity index is 513. The average Bonchev–Trinajstić information content (AvgIpc) is 2.52. The van der Waals surface area contributed by atoms with E-state index in [9.17, 15) is 14.0 Å². The van der Waals surface area contributed by atoms with Crippen LogP contribution in [0.2, 0.25) is 0 Å². The van der Waals surface area contributed by atoms with Gasteiger partial charge in [-0.3, -0.25) is 9.59 Å². The number of carbonyl (C=O) groups is 2. The molecule has 0 aromatic heterocycles. The van der Waals surface area contributed by atoms with Crippen molar-refractivity contribution < 1.29 is 14.0 Å². The molecule has 0 radical (unpaired) electrons. The molecule has 5 heteroatoms. The SMILES string of the molecule is O=C(CCc1cccc(F)c1)NCC(=O)NC1CCCCC1. The van der Waals surface area contributed by atoms with E-state index in [1.165, 1.54) is 18.6 Å². The van der Waals surface area contributed by atoms with Gasteiger partial charge >= 0.3 is 0 Å². The van der Waals surface area contributed by atoms with Crippen molar-refractivity contribution in [3.63, 3.8) is 0 Å². The molecule has 4 nitrogen and oxygen atoms in total. The second-order valence-electron chi connectivity index (χ2n) is 5.81. The molecule has 0 atom stereocenters.